The van der Waals surface area contributed by atoms with Gasteiger partial charge in [-0.15, -0.1) is 0 Å². The number of nitro groups is 1. The van der Waals surface area contributed by atoms with Crippen LogP contribution in [0.25, 0.3) is 0 Å². The number of carbonyl (C=O) groups is 1. The van der Waals surface area contributed by atoms with Crippen molar-refractivity contribution < 1.29 is 9.72 Å². The molecule has 1 amide bonds. The van der Waals surface area contributed by atoms with Crippen molar-refractivity contribution in [3.8, 4) is 0 Å². The molecule has 1 aliphatic carbocycles. The van der Waals surface area contributed by atoms with Gasteiger partial charge in [-0.3, -0.25) is 14.9 Å². The highest BCUT2D eigenvalue weighted by Crippen LogP contribution is 2.19. The Labute approximate surface area is 136 Å². The van der Waals surface area contributed by atoms with E-state index in [9.17, 15) is 14.9 Å². The van der Waals surface area contributed by atoms with Gasteiger partial charge >= 0.3 is 0 Å². The monoisotopic (exact) mass is 319 g/mol. The molecule has 2 rings (SSSR count). The lowest BCUT2D eigenvalue weighted by atomic mass is 10.1. The molecule has 0 bridgehead atoms. The van der Waals surface area contributed by atoms with Crippen LogP contribution >= 0.6 is 0 Å². The Bertz CT molecular complexity index is 552. The molecule has 0 atom stereocenters. The highest BCUT2D eigenvalue weighted by Gasteiger charge is 2.15. The Kier molecular flexibility index (Phi) is 6.52. The van der Waals surface area contributed by atoms with Gasteiger partial charge in [0.2, 0.25) is 0 Å². The Morgan fingerprint density at radius 1 is 1.22 bits per heavy atom. The van der Waals surface area contributed by atoms with E-state index in [4.69, 9.17) is 0 Å². The third-order valence-electron chi connectivity index (χ3n) is 4.37. The summed E-state index contributed by atoms with van der Waals surface area (Å²) in [6.45, 7) is 2.91. The van der Waals surface area contributed by atoms with Crippen LogP contribution in [-0.2, 0) is 0 Å². The molecule has 0 unspecified atom stereocenters. The molecule has 0 radical (unpaired) electrons. The molecular weight excluding hydrogens is 294 g/mol. The van der Waals surface area contributed by atoms with E-state index in [0.29, 0.717) is 23.7 Å². The van der Waals surface area contributed by atoms with Crippen molar-refractivity contribution >= 4 is 11.6 Å². The lowest BCUT2D eigenvalue weighted by Crippen LogP contribution is -2.36. The number of carbonyl (C=O) groups excluding carboxylic acids is 1. The van der Waals surface area contributed by atoms with Gasteiger partial charge in [-0.25, -0.2) is 0 Å². The summed E-state index contributed by atoms with van der Waals surface area (Å²) in [4.78, 5) is 22.5. The number of aryl methyl sites for hydroxylation is 1. The molecule has 0 spiro atoms. The van der Waals surface area contributed by atoms with Crippen LogP contribution in [0.2, 0.25) is 0 Å². The van der Waals surface area contributed by atoms with Crippen molar-refractivity contribution in [3.05, 3.63) is 39.4 Å². The normalized spacial score (nSPS) is 15.9. The summed E-state index contributed by atoms with van der Waals surface area (Å²) in [5, 5.41) is 17.2. The fraction of sp³-hybridized carbons (Fsp3) is 0.588. The molecule has 6 heteroatoms. The molecule has 0 heterocycles. The summed E-state index contributed by atoms with van der Waals surface area (Å²) in [6.07, 6.45) is 7.60. The number of rotatable bonds is 6. The summed E-state index contributed by atoms with van der Waals surface area (Å²) in [5.74, 6) is -0.268. The molecule has 0 saturated heterocycles. The third kappa shape index (κ3) is 5.32. The second-order valence-electron chi connectivity index (χ2n) is 6.16. The van der Waals surface area contributed by atoms with E-state index in [-0.39, 0.29) is 11.6 Å². The zero-order valence-corrected chi connectivity index (χ0v) is 13.6. The standard InChI is InChI=1S/C17H25N3O3/c1-13-8-9-14(12-16(13)20(22)23)17(21)19-11-10-18-15-6-4-2-3-5-7-15/h8-9,12,15,18H,2-7,10-11H2,1H3,(H,19,21). The first-order valence-electron chi connectivity index (χ1n) is 8.34. The number of nitrogens with zero attached hydrogens (tertiary/aromatic N) is 1. The lowest BCUT2D eigenvalue weighted by molar-refractivity contribution is -0.385. The minimum atomic E-state index is -0.459. The molecule has 2 N–H and O–H groups in total. The van der Waals surface area contributed by atoms with E-state index < -0.39 is 4.92 Å². The van der Waals surface area contributed by atoms with Crippen molar-refractivity contribution in [2.24, 2.45) is 0 Å². The van der Waals surface area contributed by atoms with Gasteiger partial charge in [-0.1, -0.05) is 31.7 Å². The van der Waals surface area contributed by atoms with Crippen molar-refractivity contribution in [2.45, 2.75) is 51.5 Å². The smallest absolute Gasteiger partial charge is 0.273 e. The number of hydrogen-bond donors (Lipinski definition) is 2. The van der Waals surface area contributed by atoms with Crippen LogP contribution in [-0.4, -0.2) is 30.0 Å². The third-order valence-corrected chi connectivity index (χ3v) is 4.37. The SMILES string of the molecule is Cc1ccc(C(=O)NCCNC2CCCCCC2)cc1[N+](=O)[O-]. The van der Waals surface area contributed by atoms with E-state index in [1.54, 1.807) is 19.1 Å². The van der Waals surface area contributed by atoms with Crippen LogP contribution < -0.4 is 10.6 Å². The van der Waals surface area contributed by atoms with Crippen LogP contribution in [0.1, 0.15) is 54.4 Å². The van der Waals surface area contributed by atoms with Crippen LogP contribution in [0, 0.1) is 17.0 Å². The first kappa shape index (κ1) is 17.4. The van der Waals surface area contributed by atoms with Gasteiger partial charge in [0.1, 0.15) is 0 Å². The molecule has 1 fully saturated rings. The number of amides is 1. The predicted molar refractivity (Wildman–Crippen MR) is 89.7 cm³/mol. The van der Waals surface area contributed by atoms with E-state index in [1.807, 2.05) is 0 Å². The zero-order chi connectivity index (χ0) is 16.7. The number of hydrogen-bond acceptors (Lipinski definition) is 4. The zero-order valence-electron chi connectivity index (χ0n) is 13.6. The highest BCUT2D eigenvalue weighted by molar-refractivity contribution is 5.94. The summed E-state index contributed by atoms with van der Waals surface area (Å²) < 4.78 is 0. The largest absolute Gasteiger partial charge is 0.351 e. The van der Waals surface area contributed by atoms with Gasteiger partial charge in [0.25, 0.3) is 11.6 Å². The Balaban J connectivity index is 1.78. The van der Waals surface area contributed by atoms with E-state index in [1.165, 1.54) is 44.6 Å². The lowest BCUT2D eigenvalue weighted by Gasteiger charge is -2.16. The van der Waals surface area contributed by atoms with Crippen molar-refractivity contribution in [1.29, 1.82) is 0 Å². The number of nitro benzene ring substituents is 1. The maximum atomic E-state index is 12.1. The van der Waals surface area contributed by atoms with Crippen LogP contribution in [0.15, 0.2) is 18.2 Å². The molecule has 0 aliphatic heterocycles. The Morgan fingerprint density at radius 3 is 2.57 bits per heavy atom. The average molecular weight is 319 g/mol. The Morgan fingerprint density at radius 2 is 1.91 bits per heavy atom. The second kappa shape index (κ2) is 8.62. The van der Waals surface area contributed by atoms with Gasteiger partial charge in [-0.05, 0) is 25.8 Å². The van der Waals surface area contributed by atoms with Crippen molar-refractivity contribution in [3.63, 3.8) is 0 Å². The summed E-state index contributed by atoms with van der Waals surface area (Å²) in [6, 6.07) is 5.12. The minimum absolute atomic E-state index is 0.0192. The van der Waals surface area contributed by atoms with Crippen LogP contribution in [0.4, 0.5) is 5.69 Å². The average Bonchev–Trinajstić information content (AvgIpc) is 2.80. The maximum absolute atomic E-state index is 12.1. The maximum Gasteiger partial charge on any atom is 0.273 e. The van der Waals surface area contributed by atoms with Crippen molar-refractivity contribution in [1.82, 2.24) is 10.6 Å². The van der Waals surface area contributed by atoms with Gasteiger partial charge < -0.3 is 10.6 Å². The van der Waals surface area contributed by atoms with Gasteiger partial charge in [-0.2, -0.15) is 0 Å². The topological polar surface area (TPSA) is 84.3 Å². The molecule has 0 aromatic heterocycles. The van der Waals surface area contributed by atoms with E-state index in [2.05, 4.69) is 10.6 Å². The van der Waals surface area contributed by atoms with Gasteiger partial charge in [0.05, 0.1) is 4.92 Å². The quantitative estimate of drug-likeness (QED) is 0.365. The fourth-order valence-corrected chi connectivity index (χ4v) is 2.99. The minimum Gasteiger partial charge on any atom is -0.351 e. The second-order valence-corrected chi connectivity index (χ2v) is 6.16. The number of benzene rings is 1. The molecular formula is C17H25N3O3. The molecule has 6 nitrogen and oxygen atoms in total. The summed E-state index contributed by atoms with van der Waals surface area (Å²) in [5.41, 5.74) is 0.868. The van der Waals surface area contributed by atoms with E-state index >= 15 is 0 Å². The molecule has 1 aromatic rings. The first-order chi connectivity index (χ1) is 11.1. The summed E-state index contributed by atoms with van der Waals surface area (Å²) in [7, 11) is 0. The van der Waals surface area contributed by atoms with Gasteiger partial charge in [0, 0.05) is 36.3 Å². The van der Waals surface area contributed by atoms with Crippen LogP contribution in [0.3, 0.4) is 0 Å². The van der Waals surface area contributed by atoms with Crippen molar-refractivity contribution in [2.75, 3.05) is 13.1 Å². The molecule has 1 saturated carbocycles. The highest BCUT2D eigenvalue weighted by atomic mass is 16.6. The molecule has 1 aliphatic rings. The van der Waals surface area contributed by atoms with E-state index in [0.717, 1.165) is 6.54 Å². The Hall–Kier alpha value is -1.95. The summed E-state index contributed by atoms with van der Waals surface area (Å²) >= 11 is 0. The fourth-order valence-electron chi connectivity index (χ4n) is 2.99. The predicted octanol–water partition coefficient (Wildman–Crippen LogP) is 2.95. The molecule has 126 valence electrons. The number of nitrogens with one attached hydrogen (secondary N) is 2. The first-order valence-corrected chi connectivity index (χ1v) is 8.34. The molecule has 1 aromatic carbocycles. The molecule has 23 heavy (non-hydrogen) atoms. The van der Waals surface area contributed by atoms with Gasteiger partial charge in [0.15, 0.2) is 0 Å². The van der Waals surface area contributed by atoms with Crippen LogP contribution in [0.5, 0.6) is 0 Å².